The van der Waals surface area contributed by atoms with Crippen molar-refractivity contribution in [2.75, 3.05) is 0 Å². The maximum Gasteiger partial charge on any atom is 0.160 e. The van der Waals surface area contributed by atoms with Crippen molar-refractivity contribution in [3.05, 3.63) is 182 Å². The predicted molar refractivity (Wildman–Crippen MR) is 208 cm³/mol. The van der Waals surface area contributed by atoms with Crippen LogP contribution in [0.3, 0.4) is 0 Å². The highest BCUT2D eigenvalue weighted by molar-refractivity contribution is 7.25. The van der Waals surface area contributed by atoms with Gasteiger partial charge in [-0.05, 0) is 75.8 Å². The molecule has 0 spiro atoms. The minimum Gasteiger partial charge on any atom is -0.228 e. The lowest BCUT2D eigenvalue weighted by atomic mass is 9.94. The van der Waals surface area contributed by atoms with Gasteiger partial charge in [0.15, 0.2) is 5.82 Å². The number of fused-ring (bicyclic) bond motifs is 3. The van der Waals surface area contributed by atoms with Crippen LogP contribution in [0.15, 0.2) is 182 Å². The summed E-state index contributed by atoms with van der Waals surface area (Å²) in [6.07, 6.45) is 0. The number of benzene rings is 7. The molecule has 3 heteroatoms. The topological polar surface area (TPSA) is 25.8 Å². The third kappa shape index (κ3) is 5.71. The van der Waals surface area contributed by atoms with E-state index in [4.69, 9.17) is 9.97 Å². The van der Waals surface area contributed by atoms with Crippen LogP contribution in [0, 0.1) is 0 Å². The molecule has 2 nitrogen and oxygen atoms in total. The molecule has 0 atom stereocenters. The molecule has 9 rings (SSSR count). The number of aromatic nitrogens is 2. The SMILES string of the molecule is c1ccc(-c2ccc(-c3nc(-c4ccccc4)cc(-c4cc(-c5ccccc5)cc(-c5ccc6sc7ccccc7c6c5)c4)n3)cc2)cc1. The number of rotatable bonds is 6. The molecule has 0 N–H and O–H groups in total. The summed E-state index contributed by atoms with van der Waals surface area (Å²) in [4.78, 5) is 10.4. The van der Waals surface area contributed by atoms with Gasteiger partial charge < -0.3 is 0 Å². The molecule has 0 saturated heterocycles. The molecule has 0 radical (unpaired) electrons. The van der Waals surface area contributed by atoms with Crippen LogP contribution in [0.5, 0.6) is 0 Å². The smallest absolute Gasteiger partial charge is 0.160 e. The van der Waals surface area contributed by atoms with Crippen LogP contribution in [0.4, 0.5) is 0 Å². The molecular formula is C46H30N2S. The van der Waals surface area contributed by atoms with E-state index in [1.165, 1.54) is 42.4 Å². The second-order valence-electron chi connectivity index (χ2n) is 12.2. The molecule has 2 heterocycles. The van der Waals surface area contributed by atoms with Crippen LogP contribution in [-0.2, 0) is 0 Å². The van der Waals surface area contributed by atoms with Gasteiger partial charge in [-0.15, -0.1) is 11.3 Å². The summed E-state index contributed by atoms with van der Waals surface area (Å²) in [6, 6.07) is 64.5. The average molecular weight is 643 g/mol. The summed E-state index contributed by atoms with van der Waals surface area (Å²) in [5, 5.41) is 2.59. The van der Waals surface area contributed by atoms with Gasteiger partial charge in [-0.25, -0.2) is 9.97 Å². The minimum atomic E-state index is 0.703. The lowest BCUT2D eigenvalue weighted by Crippen LogP contribution is -1.96. The Balaban J connectivity index is 1.22. The molecule has 49 heavy (non-hydrogen) atoms. The van der Waals surface area contributed by atoms with Crippen LogP contribution in [-0.4, -0.2) is 9.97 Å². The van der Waals surface area contributed by atoms with E-state index in [0.717, 1.165) is 39.2 Å². The quantitative estimate of drug-likeness (QED) is 0.180. The maximum absolute atomic E-state index is 5.24. The molecule has 0 bridgehead atoms. The normalized spacial score (nSPS) is 11.3. The Morgan fingerprint density at radius 2 is 0.755 bits per heavy atom. The Bertz CT molecular complexity index is 2570. The fourth-order valence-corrected chi connectivity index (χ4v) is 7.65. The lowest BCUT2D eigenvalue weighted by Gasteiger charge is -2.13. The molecule has 7 aromatic carbocycles. The van der Waals surface area contributed by atoms with Crippen LogP contribution in [0.1, 0.15) is 0 Å². The van der Waals surface area contributed by atoms with Crippen LogP contribution in [0.2, 0.25) is 0 Å². The maximum atomic E-state index is 5.24. The first kappa shape index (κ1) is 29.0. The standard InChI is InChI=1S/C46H30N2S/c1-4-12-31(13-5-1)33-20-22-35(23-21-33)46-47-42(34-16-8-3-9-17-34)30-43(48-46)39-27-37(32-14-6-2-7-15-32)26-38(28-39)36-24-25-45-41(29-36)40-18-10-11-19-44(40)49-45/h1-30H. The molecule has 0 saturated carbocycles. The molecule has 0 fully saturated rings. The molecule has 0 unspecified atom stereocenters. The van der Waals surface area contributed by atoms with Gasteiger partial charge >= 0.3 is 0 Å². The van der Waals surface area contributed by atoms with E-state index in [0.29, 0.717) is 5.82 Å². The number of nitrogens with zero attached hydrogens (tertiary/aromatic N) is 2. The van der Waals surface area contributed by atoms with Gasteiger partial charge in [-0.1, -0.05) is 140 Å². The highest BCUT2D eigenvalue weighted by Gasteiger charge is 2.15. The molecule has 0 amide bonds. The summed E-state index contributed by atoms with van der Waals surface area (Å²) in [6.45, 7) is 0. The van der Waals surface area contributed by atoms with Crippen molar-refractivity contribution in [1.29, 1.82) is 0 Å². The summed E-state index contributed by atoms with van der Waals surface area (Å²) >= 11 is 1.85. The van der Waals surface area contributed by atoms with Crippen molar-refractivity contribution < 1.29 is 0 Å². The van der Waals surface area contributed by atoms with Crippen molar-refractivity contribution in [3.8, 4) is 67.3 Å². The molecule has 0 aliphatic carbocycles. The number of thiophene rings is 1. The van der Waals surface area contributed by atoms with E-state index in [9.17, 15) is 0 Å². The Hall–Kier alpha value is -6.16. The summed E-state index contributed by atoms with van der Waals surface area (Å²) in [5.41, 5.74) is 11.9. The lowest BCUT2D eigenvalue weighted by molar-refractivity contribution is 1.18. The van der Waals surface area contributed by atoms with Gasteiger partial charge in [0.1, 0.15) is 0 Å². The highest BCUT2D eigenvalue weighted by atomic mass is 32.1. The Kier molecular flexibility index (Phi) is 7.38. The third-order valence-electron chi connectivity index (χ3n) is 9.09. The highest BCUT2D eigenvalue weighted by Crippen LogP contribution is 2.39. The Morgan fingerprint density at radius 3 is 1.45 bits per heavy atom. The summed E-state index contributed by atoms with van der Waals surface area (Å²) in [7, 11) is 0. The molecule has 230 valence electrons. The van der Waals surface area contributed by atoms with E-state index in [1.807, 2.05) is 23.5 Å². The van der Waals surface area contributed by atoms with E-state index in [1.54, 1.807) is 0 Å². The van der Waals surface area contributed by atoms with E-state index in [-0.39, 0.29) is 0 Å². The van der Waals surface area contributed by atoms with Crippen LogP contribution < -0.4 is 0 Å². The first-order valence-electron chi connectivity index (χ1n) is 16.5. The summed E-state index contributed by atoms with van der Waals surface area (Å²) < 4.78 is 2.61. The molecule has 0 aliphatic rings. The monoisotopic (exact) mass is 642 g/mol. The zero-order valence-corrected chi connectivity index (χ0v) is 27.4. The summed E-state index contributed by atoms with van der Waals surface area (Å²) in [5.74, 6) is 0.703. The second-order valence-corrected chi connectivity index (χ2v) is 13.3. The van der Waals surface area contributed by atoms with E-state index < -0.39 is 0 Å². The molecule has 9 aromatic rings. The van der Waals surface area contributed by atoms with Gasteiger partial charge in [0.05, 0.1) is 11.4 Å². The van der Waals surface area contributed by atoms with Crippen molar-refractivity contribution >= 4 is 31.5 Å². The van der Waals surface area contributed by atoms with Gasteiger partial charge in [-0.3, -0.25) is 0 Å². The molecule has 0 aliphatic heterocycles. The Labute approximate surface area is 289 Å². The van der Waals surface area contributed by atoms with Gasteiger partial charge in [0, 0.05) is 36.9 Å². The zero-order valence-electron chi connectivity index (χ0n) is 26.6. The van der Waals surface area contributed by atoms with Gasteiger partial charge in [0.25, 0.3) is 0 Å². The van der Waals surface area contributed by atoms with Crippen LogP contribution >= 0.6 is 11.3 Å². The molecule has 2 aromatic heterocycles. The fourth-order valence-electron chi connectivity index (χ4n) is 6.57. The Morgan fingerprint density at radius 1 is 0.286 bits per heavy atom. The fraction of sp³-hybridized carbons (Fsp3) is 0. The predicted octanol–water partition coefficient (Wildman–Crippen LogP) is 12.8. The van der Waals surface area contributed by atoms with E-state index in [2.05, 4.69) is 170 Å². The van der Waals surface area contributed by atoms with Crippen molar-refractivity contribution in [2.24, 2.45) is 0 Å². The number of hydrogen-bond donors (Lipinski definition) is 0. The molecular weight excluding hydrogens is 613 g/mol. The van der Waals surface area contributed by atoms with Crippen molar-refractivity contribution in [1.82, 2.24) is 9.97 Å². The number of hydrogen-bond acceptors (Lipinski definition) is 3. The average Bonchev–Trinajstić information content (AvgIpc) is 3.57. The first-order valence-corrected chi connectivity index (χ1v) is 17.3. The second kappa shape index (κ2) is 12.5. The van der Waals surface area contributed by atoms with Crippen molar-refractivity contribution in [2.45, 2.75) is 0 Å². The minimum absolute atomic E-state index is 0.703. The van der Waals surface area contributed by atoms with Crippen LogP contribution in [0.25, 0.3) is 87.5 Å². The largest absolute Gasteiger partial charge is 0.228 e. The van der Waals surface area contributed by atoms with E-state index >= 15 is 0 Å². The first-order chi connectivity index (χ1) is 24.2. The van der Waals surface area contributed by atoms with Crippen molar-refractivity contribution in [3.63, 3.8) is 0 Å². The third-order valence-corrected chi connectivity index (χ3v) is 10.2. The zero-order chi connectivity index (χ0) is 32.6. The van der Waals surface area contributed by atoms with Gasteiger partial charge in [-0.2, -0.15) is 0 Å². The van der Waals surface area contributed by atoms with Gasteiger partial charge in [0.2, 0.25) is 0 Å².